The van der Waals surface area contributed by atoms with E-state index in [4.69, 9.17) is 9.47 Å². The Morgan fingerprint density at radius 2 is 1.85 bits per heavy atom. The number of anilines is 1. The lowest BCUT2D eigenvalue weighted by Gasteiger charge is -2.39. The number of aromatic amines is 1. The number of aromatic nitrogens is 1. The molecule has 33 heavy (non-hydrogen) atoms. The third-order valence-corrected chi connectivity index (χ3v) is 6.22. The molecule has 2 N–H and O–H groups in total. The molecule has 0 radical (unpaired) electrons. The van der Waals surface area contributed by atoms with Gasteiger partial charge in [0.15, 0.2) is 0 Å². The van der Waals surface area contributed by atoms with Crippen molar-refractivity contribution >= 4 is 27.9 Å². The fraction of sp³-hybridized carbons (Fsp3) is 0.240. The van der Waals surface area contributed by atoms with E-state index in [0.717, 1.165) is 34.3 Å². The van der Waals surface area contributed by atoms with Crippen molar-refractivity contribution in [2.45, 2.75) is 12.3 Å². The van der Waals surface area contributed by atoms with Crippen LogP contribution in [0.2, 0.25) is 0 Å². The third-order valence-electron chi connectivity index (χ3n) is 5.61. The zero-order valence-corrected chi connectivity index (χ0v) is 19.5. The van der Waals surface area contributed by atoms with Gasteiger partial charge < -0.3 is 14.5 Å². The number of H-pyrrole nitrogens is 1. The zero-order chi connectivity index (χ0) is 23.6. The van der Waals surface area contributed by atoms with Crippen molar-refractivity contribution < 1.29 is 17.9 Å². The molecule has 1 saturated heterocycles. The van der Waals surface area contributed by atoms with Crippen molar-refractivity contribution in [1.82, 2.24) is 4.98 Å². The Morgan fingerprint density at radius 3 is 2.42 bits per heavy atom. The fourth-order valence-electron chi connectivity index (χ4n) is 3.88. The van der Waals surface area contributed by atoms with E-state index < -0.39 is 10.0 Å². The third kappa shape index (κ3) is 5.02. The van der Waals surface area contributed by atoms with E-state index in [2.05, 4.69) is 16.6 Å². The van der Waals surface area contributed by atoms with E-state index in [9.17, 15) is 13.2 Å². The molecular formula is C25H26N2O5S. The molecule has 2 heterocycles. The molecule has 8 heteroatoms. The van der Waals surface area contributed by atoms with Gasteiger partial charge in [-0.2, -0.15) is 0 Å². The maximum absolute atomic E-state index is 12.5. The van der Waals surface area contributed by atoms with Gasteiger partial charge in [-0.1, -0.05) is 31.2 Å². The molecule has 2 aromatic carbocycles. The normalized spacial score (nSPS) is 15.2. The minimum atomic E-state index is -3.33. The first-order valence-electron chi connectivity index (χ1n) is 10.4. The van der Waals surface area contributed by atoms with Crippen molar-refractivity contribution in [2.24, 2.45) is 0 Å². The van der Waals surface area contributed by atoms with Gasteiger partial charge in [-0.3, -0.25) is 9.52 Å². The van der Waals surface area contributed by atoms with Crippen molar-refractivity contribution in [2.75, 3.05) is 31.3 Å². The molecule has 3 aromatic rings. The number of ether oxygens (including phenoxy) is 2. The van der Waals surface area contributed by atoms with Gasteiger partial charge in [-0.05, 0) is 47.5 Å². The summed E-state index contributed by atoms with van der Waals surface area (Å²) >= 11 is 0. The van der Waals surface area contributed by atoms with Crippen LogP contribution in [0.25, 0.3) is 23.3 Å². The van der Waals surface area contributed by atoms with Gasteiger partial charge in [-0.25, -0.2) is 8.42 Å². The predicted molar refractivity (Wildman–Crippen MR) is 131 cm³/mol. The van der Waals surface area contributed by atoms with Crippen LogP contribution in [-0.4, -0.2) is 40.0 Å². The van der Waals surface area contributed by atoms with E-state index >= 15 is 0 Å². The second kappa shape index (κ2) is 8.88. The molecule has 1 aliphatic rings. The molecule has 0 bridgehead atoms. The maximum atomic E-state index is 12.5. The molecule has 0 aliphatic carbocycles. The van der Waals surface area contributed by atoms with Gasteiger partial charge >= 0.3 is 0 Å². The van der Waals surface area contributed by atoms with Crippen molar-refractivity contribution in [3.63, 3.8) is 0 Å². The summed E-state index contributed by atoms with van der Waals surface area (Å²) in [5.74, 6) is 0.739. The molecule has 0 amide bonds. The van der Waals surface area contributed by atoms with Crippen molar-refractivity contribution in [3.8, 4) is 16.9 Å². The average molecular weight is 467 g/mol. The summed E-state index contributed by atoms with van der Waals surface area (Å²) in [5, 5.41) is 0. The minimum absolute atomic E-state index is 0.160. The van der Waals surface area contributed by atoms with Gasteiger partial charge in [-0.15, -0.1) is 0 Å². The van der Waals surface area contributed by atoms with Crippen LogP contribution in [0.3, 0.4) is 0 Å². The molecule has 7 nitrogen and oxygen atoms in total. The summed E-state index contributed by atoms with van der Waals surface area (Å²) in [5.41, 5.74) is 4.22. The highest BCUT2D eigenvalue weighted by molar-refractivity contribution is 7.92. The van der Waals surface area contributed by atoms with E-state index in [1.807, 2.05) is 36.4 Å². The Bertz CT molecular complexity index is 1350. The number of rotatable bonds is 7. The second-order valence-electron chi connectivity index (χ2n) is 8.44. The fourth-order valence-corrected chi connectivity index (χ4v) is 4.45. The molecular weight excluding hydrogens is 440 g/mol. The van der Waals surface area contributed by atoms with Gasteiger partial charge in [0.25, 0.3) is 5.56 Å². The summed E-state index contributed by atoms with van der Waals surface area (Å²) in [6, 6.07) is 14.6. The van der Waals surface area contributed by atoms with Crippen LogP contribution in [-0.2, 0) is 20.2 Å². The van der Waals surface area contributed by atoms with Gasteiger partial charge in [0, 0.05) is 34.0 Å². The Morgan fingerprint density at radius 1 is 1.12 bits per heavy atom. The number of benzene rings is 2. The summed E-state index contributed by atoms with van der Waals surface area (Å²) in [7, 11) is -1.69. The maximum Gasteiger partial charge on any atom is 0.255 e. The Labute approximate surface area is 193 Å². The van der Waals surface area contributed by atoms with E-state index in [1.54, 1.807) is 37.6 Å². The number of nitrogens with one attached hydrogen (secondary N) is 2. The molecule has 0 unspecified atom stereocenters. The Hall–Kier alpha value is -3.36. The van der Waals surface area contributed by atoms with Crippen LogP contribution in [0, 0.1) is 0 Å². The monoisotopic (exact) mass is 466 g/mol. The Balaban J connectivity index is 1.77. The van der Waals surface area contributed by atoms with Gasteiger partial charge in [0.05, 0.1) is 26.6 Å². The summed E-state index contributed by atoms with van der Waals surface area (Å²) in [4.78, 5) is 15.2. The molecule has 1 aliphatic heterocycles. The van der Waals surface area contributed by atoms with Crippen LogP contribution in [0.15, 0.2) is 59.5 Å². The highest BCUT2D eigenvalue weighted by atomic mass is 32.2. The Kier molecular flexibility index (Phi) is 6.14. The highest BCUT2D eigenvalue weighted by Crippen LogP contribution is 2.42. The quantitative estimate of drug-likeness (QED) is 0.515. The average Bonchev–Trinajstić information content (AvgIpc) is 2.75. The summed E-state index contributed by atoms with van der Waals surface area (Å²) in [6.07, 6.45) is 6.58. The molecule has 0 spiro atoms. The van der Waals surface area contributed by atoms with Crippen LogP contribution in [0.5, 0.6) is 5.75 Å². The van der Waals surface area contributed by atoms with E-state index in [1.165, 1.54) is 0 Å². The largest absolute Gasteiger partial charge is 0.496 e. The lowest BCUT2D eigenvalue weighted by atomic mass is 9.78. The minimum Gasteiger partial charge on any atom is -0.496 e. The SMILES string of the molecule is COc1c(/C=C/c2ccc(NS(C)(=O)=O)cc2)cc(-c2ccc[nH]c2=O)cc1C1(C)COC1. The first-order valence-corrected chi connectivity index (χ1v) is 12.3. The number of sulfonamides is 1. The molecule has 0 atom stereocenters. The molecule has 1 aromatic heterocycles. The standard InChI is InChI=1S/C25H26N2O5S/c1-25(15-32-16-25)22-14-19(21-5-4-12-26-24(21)28)13-18(23(22)31-2)9-6-17-7-10-20(11-8-17)27-33(3,29)30/h4-14,27H,15-16H2,1-3H3,(H,26,28)/b9-6+. The molecule has 0 saturated carbocycles. The first-order chi connectivity index (χ1) is 15.7. The van der Waals surface area contributed by atoms with Gasteiger partial charge in [0.1, 0.15) is 5.75 Å². The lowest BCUT2D eigenvalue weighted by molar-refractivity contribution is -0.0509. The number of pyridine rings is 1. The van der Waals surface area contributed by atoms with Crippen LogP contribution < -0.4 is 15.0 Å². The molecule has 4 rings (SSSR count). The molecule has 1 fully saturated rings. The highest BCUT2D eigenvalue weighted by Gasteiger charge is 2.38. The van der Waals surface area contributed by atoms with Crippen molar-refractivity contribution in [1.29, 1.82) is 0 Å². The zero-order valence-electron chi connectivity index (χ0n) is 18.7. The summed E-state index contributed by atoms with van der Waals surface area (Å²) in [6.45, 7) is 3.28. The second-order valence-corrected chi connectivity index (χ2v) is 10.2. The topological polar surface area (TPSA) is 97.5 Å². The number of hydrogen-bond acceptors (Lipinski definition) is 5. The van der Waals surface area contributed by atoms with Gasteiger partial charge in [0.2, 0.25) is 10.0 Å². The van der Waals surface area contributed by atoms with Crippen LogP contribution >= 0.6 is 0 Å². The van der Waals surface area contributed by atoms with E-state index in [-0.39, 0.29) is 11.0 Å². The smallest absolute Gasteiger partial charge is 0.255 e. The van der Waals surface area contributed by atoms with Crippen LogP contribution in [0.1, 0.15) is 23.6 Å². The lowest BCUT2D eigenvalue weighted by Crippen LogP contribution is -2.44. The first kappa shape index (κ1) is 22.8. The number of methoxy groups -OCH3 is 1. The summed E-state index contributed by atoms with van der Waals surface area (Å²) < 4.78 is 36.6. The van der Waals surface area contributed by atoms with Crippen molar-refractivity contribution in [3.05, 3.63) is 81.8 Å². The molecule has 172 valence electrons. The number of hydrogen-bond donors (Lipinski definition) is 2. The predicted octanol–water partition coefficient (Wildman–Crippen LogP) is 3.88. The van der Waals surface area contributed by atoms with Crippen LogP contribution in [0.4, 0.5) is 5.69 Å². The van der Waals surface area contributed by atoms with E-state index in [0.29, 0.717) is 24.5 Å².